The average molecular weight is 780 g/mol. The average Bonchev–Trinajstić information content (AvgIpc) is 3.96. The second-order valence-electron chi connectivity index (χ2n) is 16.4. The molecular weight excluding hydrogens is 739 g/mol. The van der Waals surface area contributed by atoms with Gasteiger partial charge in [-0.3, -0.25) is 0 Å². The fourth-order valence-corrected chi connectivity index (χ4v) is 10.9. The number of benzene rings is 9. The summed E-state index contributed by atoms with van der Waals surface area (Å²) in [6.45, 7) is 2.11. The number of fused-ring (bicyclic) bond motifs is 7. The van der Waals surface area contributed by atoms with Crippen LogP contribution in [0.1, 0.15) is 50.1 Å². The third-order valence-electron chi connectivity index (χ3n) is 13.4. The molecule has 12 rings (SSSR count). The van der Waals surface area contributed by atoms with Gasteiger partial charge in [-0.2, -0.15) is 0 Å². The topological polar surface area (TPSA) is 16.4 Å². The van der Waals surface area contributed by atoms with Crippen LogP contribution in [0, 0.1) is 6.92 Å². The molecule has 0 spiro atoms. The molecule has 0 atom stereocenters. The second kappa shape index (κ2) is 13.7. The predicted molar refractivity (Wildman–Crippen MR) is 250 cm³/mol. The molecule has 2 heteroatoms. The molecule has 0 N–H and O–H groups in total. The minimum absolute atomic E-state index is 0.534. The number of anilines is 3. The Hall–Kier alpha value is -7.68. The molecular formula is C59H41NO. The van der Waals surface area contributed by atoms with Crippen molar-refractivity contribution in [1.82, 2.24) is 0 Å². The molecule has 0 fully saturated rings. The Bertz CT molecular complexity index is 3000. The molecule has 0 amide bonds. The quantitative estimate of drug-likeness (QED) is 0.160. The number of aryl methyl sites for hydroxylation is 1. The van der Waals surface area contributed by atoms with Crippen molar-refractivity contribution in [2.24, 2.45) is 0 Å². The molecule has 1 heterocycles. The first-order valence-corrected chi connectivity index (χ1v) is 21.2. The van der Waals surface area contributed by atoms with E-state index in [0.717, 1.165) is 33.6 Å². The number of hydrogen-bond donors (Lipinski definition) is 0. The maximum absolute atomic E-state index is 6.21. The number of rotatable bonds is 7. The number of furan rings is 1. The van der Waals surface area contributed by atoms with E-state index < -0.39 is 10.8 Å². The molecule has 1 aromatic heterocycles. The molecule has 2 aliphatic rings. The zero-order valence-corrected chi connectivity index (χ0v) is 33.8. The van der Waals surface area contributed by atoms with E-state index >= 15 is 0 Å². The van der Waals surface area contributed by atoms with Gasteiger partial charge in [0.1, 0.15) is 5.58 Å². The van der Waals surface area contributed by atoms with Gasteiger partial charge in [-0.25, -0.2) is 0 Å². The van der Waals surface area contributed by atoms with Gasteiger partial charge in [0.25, 0.3) is 0 Å². The highest BCUT2D eigenvalue weighted by atomic mass is 16.3. The first-order chi connectivity index (χ1) is 30.2. The van der Waals surface area contributed by atoms with Gasteiger partial charge in [0, 0.05) is 28.5 Å². The number of hydrogen-bond acceptors (Lipinski definition) is 2. The maximum atomic E-state index is 6.21. The minimum atomic E-state index is -0.534. The lowest BCUT2D eigenvalue weighted by Crippen LogP contribution is -2.29. The van der Waals surface area contributed by atoms with E-state index in [1.165, 1.54) is 66.8 Å². The van der Waals surface area contributed by atoms with Crippen molar-refractivity contribution >= 4 is 28.0 Å². The van der Waals surface area contributed by atoms with Crippen LogP contribution < -0.4 is 4.90 Å². The normalized spacial score (nSPS) is 13.9. The summed E-state index contributed by atoms with van der Waals surface area (Å²) in [6, 6.07) is 83.0. The summed E-state index contributed by atoms with van der Waals surface area (Å²) >= 11 is 0. The Kier molecular flexibility index (Phi) is 7.92. The van der Waals surface area contributed by atoms with Crippen molar-refractivity contribution in [1.29, 1.82) is 0 Å². The molecule has 0 bridgehead atoms. The molecule has 9 aromatic carbocycles. The molecule has 10 aromatic rings. The van der Waals surface area contributed by atoms with Crippen molar-refractivity contribution in [2.45, 2.75) is 17.8 Å². The van der Waals surface area contributed by atoms with E-state index in [9.17, 15) is 0 Å². The van der Waals surface area contributed by atoms with Crippen LogP contribution in [-0.2, 0) is 10.8 Å². The van der Waals surface area contributed by atoms with Gasteiger partial charge in [-0.1, -0.05) is 182 Å². The van der Waals surface area contributed by atoms with Crippen LogP contribution in [0.25, 0.3) is 33.2 Å². The minimum Gasteiger partial charge on any atom is -0.464 e. The summed E-state index contributed by atoms with van der Waals surface area (Å²) in [5.74, 6) is 0. The molecule has 0 radical (unpaired) electrons. The van der Waals surface area contributed by atoms with Crippen LogP contribution in [0.5, 0.6) is 0 Å². The molecule has 288 valence electrons. The SMILES string of the molecule is Cc1coc2cc(N(c3ccc4c(c3)C(c3ccccc3)(c3ccccc3)c3ccccc3-4)c3ccc4c(c3)C(c3ccccc3)(c3ccccc3)c3ccccc3-4)ccc12. The highest BCUT2D eigenvalue weighted by Crippen LogP contribution is 2.59. The molecule has 0 saturated carbocycles. The van der Waals surface area contributed by atoms with Crippen molar-refractivity contribution in [3.05, 3.63) is 281 Å². The third kappa shape index (κ3) is 5.03. The van der Waals surface area contributed by atoms with Gasteiger partial charge < -0.3 is 9.32 Å². The van der Waals surface area contributed by atoms with E-state index in [0.29, 0.717) is 0 Å². The first kappa shape index (κ1) is 35.3. The zero-order chi connectivity index (χ0) is 40.5. The monoisotopic (exact) mass is 779 g/mol. The molecule has 0 saturated heterocycles. The van der Waals surface area contributed by atoms with Crippen LogP contribution in [-0.4, -0.2) is 0 Å². The summed E-state index contributed by atoms with van der Waals surface area (Å²) in [5, 5.41) is 1.12. The Labute approximate surface area is 356 Å². The Balaban J connectivity index is 1.15. The van der Waals surface area contributed by atoms with Crippen LogP contribution in [0.15, 0.2) is 235 Å². The summed E-state index contributed by atoms with van der Waals surface area (Å²) in [7, 11) is 0. The van der Waals surface area contributed by atoms with Crippen molar-refractivity contribution in [2.75, 3.05) is 4.90 Å². The van der Waals surface area contributed by atoms with Gasteiger partial charge in [-0.05, 0) is 116 Å². The maximum Gasteiger partial charge on any atom is 0.136 e. The van der Waals surface area contributed by atoms with Crippen LogP contribution >= 0.6 is 0 Å². The predicted octanol–water partition coefficient (Wildman–Crippen LogP) is 14.9. The van der Waals surface area contributed by atoms with Crippen molar-refractivity contribution in [3.63, 3.8) is 0 Å². The third-order valence-corrected chi connectivity index (χ3v) is 13.4. The number of nitrogens with zero attached hydrogens (tertiary/aromatic N) is 1. The molecule has 2 aliphatic carbocycles. The van der Waals surface area contributed by atoms with Crippen molar-refractivity contribution < 1.29 is 4.42 Å². The van der Waals surface area contributed by atoms with Crippen LogP contribution in [0.4, 0.5) is 17.1 Å². The fraction of sp³-hybridized carbons (Fsp3) is 0.0508. The van der Waals surface area contributed by atoms with E-state index in [-0.39, 0.29) is 0 Å². The Morgan fingerprint density at radius 2 is 0.705 bits per heavy atom. The molecule has 0 unspecified atom stereocenters. The molecule has 0 aliphatic heterocycles. The molecule has 2 nitrogen and oxygen atoms in total. The van der Waals surface area contributed by atoms with E-state index in [4.69, 9.17) is 4.42 Å². The van der Waals surface area contributed by atoms with Gasteiger partial charge in [0.2, 0.25) is 0 Å². The molecule has 61 heavy (non-hydrogen) atoms. The Morgan fingerprint density at radius 3 is 1.15 bits per heavy atom. The summed E-state index contributed by atoms with van der Waals surface area (Å²) in [6.07, 6.45) is 1.86. The lowest BCUT2D eigenvalue weighted by molar-refractivity contribution is 0.613. The lowest BCUT2D eigenvalue weighted by Gasteiger charge is -2.36. The highest BCUT2D eigenvalue weighted by Gasteiger charge is 2.48. The second-order valence-corrected chi connectivity index (χ2v) is 16.4. The van der Waals surface area contributed by atoms with Gasteiger partial charge >= 0.3 is 0 Å². The van der Waals surface area contributed by atoms with E-state index in [2.05, 4.69) is 236 Å². The van der Waals surface area contributed by atoms with Gasteiger partial charge in [0.05, 0.1) is 17.1 Å². The Morgan fingerprint density at radius 1 is 0.344 bits per heavy atom. The highest BCUT2D eigenvalue weighted by molar-refractivity contribution is 5.94. The van der Waals surface area contributed by atoms with Gasteiger partial charge in [0.15, 0.2) is 0 Å². The first-order valence-electron chi connectivity index (χ1n) is 21.2. The van der Waals surface area contributed by atoms with Gasteiger partial charge in [-0.15, -0.1) is 0 Å². The summed E-state index contributed by atoms with van der Waals surface area (Å²) < 4.78 is 6.21. The van der Waals surface area contributed by atoms with E-state index in [1.807, 2.05) is 6.26 Å². The van der Waals surface area contributed by atoms with Crippen LogP contribution in [0.3, 0.4) is 0 Å². The summed E-state index contributed by atoms with van der Waals surface area (Å²) in [5.41, 5.74) is 19.2. The smallest absolute Gasteiger partial charge is 0.136 e. The lowest BCUT2D eigenvalue weighted by atomic mass is 9.67. The summed E-state index contributed by atoms with van der Waals surface area (Å²) in [4.78, 5) is 2.44. The largest absolute Gasteiger partial charge is 0.464 e. The fourth-order valence-electron chi connectivity index (χ4n) is 10.9. The van der Waals surface area contributed by atoms with Crippen molar-refractivity contribution in [3.8, 4) is 22.3 Å². The van der Waals surface area contributed by atoms with E-state index in [1.54, 1.807) is 0 Å². The standard InChI is InChI=1S/C59H41NO/c1-40-39-61-57-38-47(30-33-48(40)57)60(45-31-34-51-49-26-14-16-28-53(49)58(55(51)36-45,41-18-6-2-7-19-41)42-20-8-3-9-21-42)46-32-35-52-50-27-15-17-29-54(50)59(56(52)37-46,43-22-10-4-11-23-43)44-24-12-5-13-25-44/h2-39H,1H3. The van der Waals surface area contributed by atoms with Crippen LogP contribution in [0.2, 0.25) is 0 Å². The zero-order valence-electron chi connectivity index (χ0n) is 33.8.